The Balaban J connectivity index is 1.92. The number of amides is 1. The molecule has 2 N–H and O–H groups in total. The van der Waals surface area contributed by atoms with Gasteiger partial charge in [0.2, 0.25) is 15.9 Å². The molecule has 8 heteroatoms. The number of carboxylic acid groups (broad SMARTS) is 1. The van der Waals surface area contributed by atoms with Gasteiger partial charge in [0, 0.05) is 19.5 Å². The molecule has 1 heterocycles. The van der Waals surface area contributed by atoms with E-state index < -0.39 is 22.5 Å². The summed E-state index contributed by atoms with van der Waals surface area (Å²) in [6, 6.07) is 6.48. The fourth-order valence-electron chi connectivity index (χ4n) is 2.43. The van der Waals surface area contributed by atoms with Crippen molar-refractivity contribution in [3.63, 3.8) is 0 Å². The van der Waals surface area contributed by atoms with E-state index in [2.05, 4.69) is 5.32 Å². The third kappa shape index (κ3) is 4.77. The predicted octanol–water partition coefficient (Wildman–Crippen LogP) is 0.605. The van der Waals surface area contributed by atoms with Crippen molar-refractivity contribution in [2.24, 2.45) is 0 Å². The lowest BCUT2D eigenvalue weighted by molar-refractivity contribution is -0.137. The van der Waals surface area contributed by atoms with Crippen LogP contribution < -0.4 is 5.32 Å². The molecule has 1 aliphatic rings. The molecule has 0 aromatic heterocycles. The van der Waals surface area contributed by atoms with Gasteiger partial charge in [-0.3, -0.25) is 9.59 Å². The number of carboxylic acids is 1. The number of rotatable bonds is 7. The highest BCUT2D eigenvalue weighted by atomic mass is 32.2. The average Bonchev–Trinajstić information content (AvgIpc) is 3.06. The van der Waals surface area contributed by atoms with Crippen LogP contribution in [0.3, 0.4) is 0 Å². The maximum atomic E-state index is 12.4. The van der Waals surface area contributed by atoms with Crippen molar-refractivity contribution in [3.05, 3.63) is 29.8 Å². The Morgan fingerprint density at radius 1 is 1.13 bits per heavy atom. The molecule has 0 saturated carbocycles. The molecule has 0 bridgehead atoms. The van der Waals surface area contributed by atoms with E-state index >= 15 is 0 Å². The van der Waals surface area contributed by atoms with Crippen LogP contribution in [-0.4, -0.2) is 49.3 Å². The van der Waals surface area contributed by atoms with Gasteiger partial charge in [-0.1, -0.05) is 12.1 Å². The van der Waals surface area contributed by atoms with E-state index in [4.69, 9.17) is 5.11 Å². The Hall–Kier alpha value is -1.93. The van der Waals surface area contributed by atoms with Gasteiger partial charge in [0.1, 0.15) is 6.54 Å². The van der Waals surface area contributed by atoms with Crippen LogP contribution in [-0.2, 0) is 26.0 Å². The normalized spacial score (nSPS) is 15.5. The molecule has 0 unspecified atom stereocenters. The molecule has 1 aliphatic heterocycles. The summed E-state index contributed by atoms with van der Waals surface area (Å²) in [4.78, 5) is 22.0. The van der Waals surface area contributed by atoms with Gasteiger partial charge in [-0.25, -0.2) is 8.42 Å². The van der Waals surface area contributed by atoms with E-state index in [1.54, 1.807) is 24.3 Å². The first-order valence-corrected chi connectivity index (χ1v) is 8.91. The topological polar surface area (TPSA) is 104 Å². The molecular weight excluding hydrogens is 320 g/mol. The highest BCUT2D eigenvalue weighted by molar-refractivity contribution is 7.89. The fraction of sp³-hybridized carbons (Fsp3) is 0.467. The summed E-state index contributed by atoms with van der Waals surface area (Å²) in [6.45, 7) is 0.730. The Bertz CT molecular complexity index is 664. The number of hydrogen-bond acceptors (Lipinski definition) is 4. The summed E-state index contributed by atoms with van der Waals surface area (Å²) < 4.78 is 26.2. The van der Waals surface area contributed by atoms with Crippen LogP contribution in [0.25, 0.3) is 0 Å². The monoisotopic (exact) mass is 340 g/mol. The minimum atomic E-state index is -3.42. The van der Waals surface area contributed by atoms with Crippen molar-refractivity contribution in [3.8, 4) is 0 Å². The number of nitrogens with one attached hydrogen (secondary N) is 1. The van der Waals surface area contributed by atoms with Crippen LogP contribution >= 0.6 is 0 Å². The lowest BCUT2D eigenvalue weighted by Crippen LogP contribution is -2.29. The molecule has 7 nitrogen and oxygen atoms in total. The van der Waals surface area contributed by atoms with Crippen molar-refractivity contribution >= 4 is 21.9 Å². The maximum absolute atomic E-state index is 12.4. The Labute approximate surface area is 135 Å². The first-order chi connectivity index (χ1) is 10.9. The SMILES string of the molecule is O=C(O)CNC(=O)CCc1ccc(S(=O)(=O)N2CCCC2)cc1. The van der Waals surface area contributed by atoms with Crippen LogP contribution in [0.2, 0.25) is 0 Å². The molecule has 1 aromatic rings. The second-order valence-corrected chi connectivity index (χ2v) is 7.36. The summed E-state index contributed by atoms with van der Waals surface area (Å²) in [5, 5.41) is 10.8. The summed E-state index contributed by atoms with van der Waals surface area (Å²) in [5.74, 6) is -1.43. The zero-order chi connectivity index (χ0) is 16.9. The minimum absolute atomic E-state index is 0.158. The summed E-state index contributed by atoms with van der Waals surface area (Å²) >= 11 is 0. The molecule has 1 saturated heterocycles. The summed E-state index contributed by atoms with van der Waals surface area (Å²) in [7, 11) is -3.42. The van der Waals surface area contributed by atoms with Crippen molar-refractivity contribution in [2.75, 3.05) is 19.6 Å². The average molecular weight is 340 g/mol. The lowest BCUT2D eigenvalue weighted by atomic mass is 10.1. The van der Waals surface area contributed by atoms with Gasteiger partial charge >= 0.3 is 5.97 Å². The highest BCUT2D eigenvalue weighted by Gasteiger charge is 2.26. The van der Waals surface area contributed by atoms with Gasteiger partial charge in [0.05, 0.1) is 4.90 Å². The molecule has 0 atom stereocenters. The Morgan fingerprint density at radius 3 is 2.30 bits per heavy atom. The molecule has 0 radical (unpaired) electrons. The van der Waals surface area contributed by atoms with Crippen molar-refractivity contribution in [1.29, 1.82) is 0 Å². The van der Waals surface area contributed by atoms with E-state index in [1.165, 1.54) is 4.31 Å². The third-order valence-electron chi connectivity index (χ3n) is 3.70. The molecule has 23 heavy (non-hydrogen) atoms. The van der Waals surface area contributed by atoms with Gasteiger partial charge in [0.25, 0.3) is 0 Å². The molecule has 1 aromatic carbocycles. The Morgan fingerprint density at radius 2 is 1.74 bits per heavy atom. The van der Waals surface area contributed by atoms with Crippen LogP contribution in [0.5, 0.6) is 0 Å². The second-order valence-electron chi connectivity index (χ2n) is 5.43. The zero-order valence-corrected chi connectivity index (χ0v) is 13.5. The number of hydrogen-bond donors (Lipinski definition) is 2. The van der Waals surface area contributed by atoms with Crippen LogP contribution in [0.4, 0.5) is 0 Å². The largest absolute Gasteiger partial charge is 0.480 e. The van der Waals surface area contributed by atoms with Crippen molar-refractivity contribution in [2.45, 2.75) is 30.6 Å². The smallest absolute Gasteiger partial charge is 0.322 e. The van der Waals surface area contributed by atoms with Crippen molar-refractivity contribution < 1.29 is 23.1 Å². The lowest BCUT2D eigenvalue weighted by Gasteiger charge is -2.15. The fourth-order valence-corrected chi connectivity index (χ4v) is 3.94. The third-order valence-corrected chi connectivity index (χ3v) is 5.62. The van der Waals surface area contributed by atoms with Gasteiger partial charge < -0.3 is 10.4 Å². The Kier molecular flexibility index (Phi) is 5.73. The maximum Gasteiger partial charge on any atom is 0.322 e. The van der Waals surface area contributed by atoms with E-state index in [1.807, 2.05) is 0 Å². The van der Waals surface area contributed by atoms with Crippen LogP contribution in [0.15, 0.2) is 29.2 Å². The molecule has 1 fully saturated rings. The predicted molar refractivity (Wildman–Crippen MR) is 83.4 cm³/mol. The van der Waals surface area contributed by atoms with E-state index in [-0.39, 0.29) is 17.2 Å². The summed E-state index contributed by atoms with van der Waals surface area (Å²) in [5.41, 5.74) is 0.829. The number of aryl methyl sites for hydroxylation is 1. The number of carbonyl (C=O) groups is 2. The van der Waals surface area contributed by atoms with Gasteiger partial charge in [-0.15, -0.1) is 0 Å². The zero-order valence-electron chi connectivity index (χ0n) is 12.7. The number of nitrogens with zero attached hydrogens (tertiary/aromatic N) is 1. The molecule has 0 spiro atoms. The number of sulfonamides is 1. The second kappa shape index (κ2) is 7.56. The molecule has 126 valence electrons. The van der Waals surface area contributed by atoms with Crippen LogP contribution in [0, 0.1) is 0 Å². The van der Waals surface area contributed by atoms with Gasteiger partial charge in [-0.2, -0.15) is 4.31 Å². The minimum Gasteiger partial charge on any atom is -0.480 e. The van der Waals surface area contributed by atoms with E-state index in [0.717, 1.165) is 18.4 Å². The molecule has 2 rings (SSSR count). The van der Waals surface area contributed by atoms with E-state index in [0.29, 0.717) is 19.5 Å². The van der Waals surface area contributed by atoms with Gasteiger partial charge in [0.15, 0.2) is 0 Å². The van der Waals surface area contributed by atoms with Gasteiger partial charge in [-0.05, 0) is 37.0 Å². The number of carbonyl (C=O) groups excluding carboxylic acids is 1. The number of benzene rings is 1. The molecular formula is C15H20N2O5S. The van der Waals surface area contributed by atoms with Crippen LogP contribution in [0.1, 0.15) is 24.8 Å². The quantitative estimate of drug-likeness (QED) is 0.757. The highest BCUT2D eigenvalue weighted by Crippen LogP contribution is 2.21. The molecule has 0 aliphatic carbocycles. The molecule has 1 amide bonds. The number of aliphatic carboxylic acids is 1. The standard InChI is InChI=1S/C15H20N2O5S/c18-14(16-11-15(19)20)8-5-12-3-6-13(7-4-12)23(21,22)17-9-1-2-10-17/h3-4,6-7H,1-2,5,8-11H2,(H,16,18)(H,19,20). The van der Waals surface area contributed by atoms with Crippen molar-refractivity contribution in [1.82, 2.24) is 9.62 Å². The van der Waals surface area contributed by atoms with E-state index in [9.17, 15) is 18.0 Å². The first kappa shape index (κ1) is 17.4. The summed E-state index contributed by atoms with van der Waals surface area (Å²) in [6.07, 6.45) is 2.37. The first-order valence-electron chi connectivity index (χ1n) is 7.47.